The molecule has 6 heteroatoms. The number of aromatic nitrogens is 1. The molecule has 1 aromatic carbocycles. The second-order valence-corrected chi connectivity index (χ2v) is 3.38. The molecule has 0 aliphatic heterocycles. The maximum absolute atomic E-state index is 13.6. The zero-order valence-electron chi connectivity index (χ0n) is 9.22. The van der Waals surface area contributed by atoms with Crippen LogP contribution >= 0.6 is 0 Å². The third-order valence-corrected chi connectivity index (χ3v) is 2.17. The Kier molecular flexibility index (Phi) is 3.36. The SMILES string of the molecule is N#Cc1ccc(Oc2ccnc(NN)c2)c(F)c1. The van der Waals surface area contributed by atoms with E-state index in [0.717, 1.165) is 6.07 Å². The molecule has 3 N–H and O–H groups in total. The van der Waals surface area contributed by atoms with E-state index in [1.165, 1.54) is 24.4 Å². The summed E-state index contributed by atoms with van der Waals surface area (Å²) in [7, 11) is 0. The van der Waals surface area contributed by atoms with E-state index in [-0.39, 0.29) is 11.3 Å². The van der Waals surface area contributed by atoms with Crippen LogP contribution in [0.3, 0.4) is 0 Å². The highest BCUT2D eigenvalue weighted by Crippen LogP contribution is 2.25. The third-order valence-electron chi connectivity index (χ3n) is 2.17. The maximum Gasteiger partial charge on any atom is 0.167 e. The van der Waals surface area contributed by atoms with Crippen LogP contribution in [0.1, 0.15) is 5.56 Å². The molecular formula is C12H9FN4O. The summed E-state index contributed by atoms with van der Waals surface area (Å²) in [6, 6.07) is 8.91. The number of nitrogen functional groups attached to an aromatic ring is 1. The summed E-state index contributed by atoms with van der Waals surface area (Å²) in [5.74, 6) is 5.42. The first-order chi connectivity index (χ1) is 8.72. The Hall–Kier alpha value is -2.65. The Morgan fingerprint density at radius 3 is 2.83 bits per heavy atom. The van der Waals surface area contributed by atoms with Crippen molar-refractivity contribution < 1.29 is 9.13 Å². The summed E-state index contributed by atoms with van der Waals surface area (Å²) < 4.78 is 18.9. The van der Waals surface area contributed by atoms with E-state index >= 15 is 0 Å². The molecule has 1 aromatic heterocycles. The maximum atomic E-state index is 13.6. The first-order valence-electron chi connectivity index (χ1n) is 5.03. The number of hydrazine groups is 1. The quantitative estimate of drug-likeness (QED) is 0.638. The average Bonchev–Trinajstić information content (AvgIpc) is 2.41. The van der Waals surface area contributed by atoms with E-state index in [2.05, 4.69) is 10.4 Å². The molecule has 0 unspecified atom stereocenters. The minimum Gasteiger partial charge on any atom is -0.454 e. The number of benzene rings is 1. The third kappa shape index (κ3) is 2.53. The highest BCUT2D eigenvalue weighted by molar-refractivity contribution is 5.43. The molecule has 2 rings (SSSR count). The van der Waals surface area contributed by atoms with Crippen molar-refractivity contribution in [3.8, 4) is 17.6 Å². The number of nitrogens with two attached hydrogens (primary N) is 1. The minimum atomic E-state index is -0.604. The molecule has 90 valence electrons. The standard InChI is InChI=1S/C12H9FN4O/c13-10-5-8(7-14)1-2-11(10)18-9-3-4-16-12(6-9)17-15/h1-6H,15H2,(H,16,17). The number of pyridine rings is 1. The first-order valence-corrected chi connectivity index (χ1v) is 5.03. The van der Waals surface area contributed by atoms with Crippen LogP contribution in [0.2, 0.25) is 0 Å². The van der Waals surface area contributed by atoms with Crippen LogP contribution in [0.25, 0.3) is 0 Å². The van der Waals surface area contributed by atoms with Gasteiger partial charge in [0.25, 0.3) is 0 Å². The molecule has 0 spiro atoms. The normalized spacial score (nSPS) is 9.61. The van der Waals surface area contributed by atoms with Gasteiger partial charge in [0.05, 0.1) is 11.6 Å². The Labute approximate surface area is 103 Å². The largest absolute Gasteiger partial charge is 0.454 e. The summed E-state index contributed by atoms with van der Waals surface area (Å²) in [5, 5.41) is 8.62. The van der Waals surface area contributed by atoms with Crippen LogP contribution in [0.5, 0.6) is 11.5 Å². The lowest BCUT2D eigenvalue weighted by atomic mass is 10.2. The molecule has 18 heavy (non-hydrogen) atoms. The fourth-order valence-corrected chi connectivity index (χ4v) is 1.33. The van der Waals surface area contributed by atoms with Crippen molar-refractivity contribution in [2.75, 3.05) is 5.43 Å². The minimum absolute atomic E-state index is 0.0307. The molecule has 0 saturated heterocycles. The lowest BCUT2D eigenvalue weighted by Gasteiger charge is -2.07. The van der Waals surface area contributed by atoms with Crippen molar-refractivity contribution in [2.24, 2.45) is 5.84 Å². The zero-order valence-corrected chi connectivity index (χ0v) is 9.22. The number of anilines is 1. The van der Waals surface area contributed by atoms with E-state index in [9.17, 15) is 4.39 Å². The van der Waals surface area contributed by atoms with Crippen LogP contribution < -0.4 is 16.0 Å². The molecule has 2 aromatic rings. The van der Waals surface area contributed by atoms with Crippen LogP contribution in [-0.2, 0) is 0 Å². The lowest BCUT2D eigenvalue weighted by Crippen LogP contribution is -2.08. The molecular weight excluding hydrogens is 235 g/mol. The first kappa shape index (κ1) is 11.8. The van der Waals surface area contributed by atoms with Gasteiger partial charge < -0.3 is 10.2 Å². The summed E-state index contributed by atoms with van der Waals surface area (Å²) >= 11 is 0. The number of nitrogens with zero attached hydrogens (tertiary/aromatic N) is 2. The monoisotopic (exact) mass is 244 g/mol. The predicted octanol–water partition coefficient (Wildman–Crippen LogP) is 2.17. The van der Waals surface area contributed by atoms with Gasteiger partial charge in [0.15, 0.2) is 11.6 Å². The van der Waals surface area contributed by atoms with E-state index in [4.69, 9.17) is 15.8 Å². The van der Waals surface area contributed by atoms with Crippen molar-refractivity contribution in [3.63, 3.8) is 0 Å². The van der Waals surface area contributed by atoms with E-state index in [1.807, 2.05) is 6.07 Å². The summed E-state index contributed by atoms with van der Waals surface area (Å²) in [6.07, 6.45) is 1.48. The van der Waals surface area contributed by atoms with E-state index in [1.54, 1.807) is 6.07 Å². The number of hydrogen-bond donors (Lipinski definition) is 2. The van der Waals surface area contributed by atoms with Gasteiger partial charge in [-0.3, -0.25) is 0 Å². The average molecular weight is 244 g/mol. The predicted molar refractivity (Wildman–Crippen MR) is 63.2 cm³/mol. The van der Waals surface area contributed by atoms with Gasteiger partial charge >= 0.3 is 0 Å². The second-order valence-electron chi connectivity index (χ2n) is 3.38. The Morgan fingerprint density at radius 1 is 1.33 bits per heavy atom. The zero-order chi connectivity index (χ0) is 13.0. The lowest BCUT2D eigenvalue weighted by molar-refractivity contribution is 0.442. The summed E-state index contributed by atoms with van der Waals surface area (Å²) in [5.41, 5.74) is 2.59. The van der Waals surface area contributed by atoms with Gasteiger partial charge in [-0.15, -0.1) is 0 Å². The Balaban J connectivity index is 2.26. The molecule has 0 saturated carbocycles. The summed E-state index contributed by atoms with van der Waals surface area (Å²) in [4.78, 5) is 3.90. The van der Waals surface area contributed by atoms with Gasteiger partial charge in [-0.05, 0) is 24.3 Å². The molecule has 5 nitrogen and oxygen atoms in total. The number of ether oxygens (including phenoxy) is 1. The van der Waals surface area contributed by atoms with Gasteiger partial charge in [0, 0.05) is 12.3 Å². The van der Waals surface area contributed by atoms with E-state index in [0.29, 0.717) is 11.6 Å². The van der Waals surface area contributed by atoms with Gasteiger partial charge in [-0.25, -0.2) is 15.2 Å². The second kappa shape index (κ2) is 5.12. The molecule has 0 aliphatic carbocycles. The summed E-state index contributed by atoms with van der Waals surface area (Å²) in [6.45, 7) is 0. The van der Waals surface area contributed by atoms with Crippen molar-refractivity contribution in [1.29, 1.82) is 5.26 Å². The fourth-order valence-electron chi connectivity index (χ4n) is 1.33. The molecule has 0 atom stereocenters. The van der Waals surface area contributed by atoms with Crippen LogP contribution in [0.4, 0.5) is 10.2 Å². The Bertz CT molecular complexity index is 609. The van der Waals surface area contributed by atoms with Gasteiger partial charge in [0.1, 0.15) is 11.6 Å². The van der Waals surface area contributed by atoms with E-state index < -0.39 is 5.82 Å². The molecule has 1 heterocycles. The molecule has 0 fully saturated rings. The topological polar surface area (TPSA) is 84.0 Å². The molecule has 0 bridgehead atoms. The number of nitrogens with one attached hydrogen (secondary N) is 1. The van der Waals surface area contributed by atoms with Crippen LogP contribution in [0, 0.1) is 17.1 Å². The van der Waals surface area contributed by atoms with Gasteiger partial charge in [0.2, 0.25) is 0 Å². The smallest absolute Gasteiger partial charge is 0.167 e. The number of hydrogen-bond acceptors (Lipinski definition) is 5. The van der Waals surface area contributed by atoms with Gasteiger partial charge in [-0.1, -0.05) is 0 Å². The molecule has 0 amide bonds. The van der Waals surface area contributed by atoms with Crippen LogP contribution in [0.15, 0.2) is 36.5 Å². The molecule has 0 aliphatic rings. The van der Waals surface area contributed by atoms with Crippen molar-refractivity contribution in [3.05, 3.63) is 47.9 Å². The number of nitriles is 1. The number of rotatable bonds is 3. The highest BCUT2D eigenvalue weighted by atomic mass is 19.1. The highest BCUT2D eigenvalue weighted by Gasteiger charge is 2.06. The fraction of sp³-hybridized carbons (Fsp3) is 0. The van der Waals surface area contributed by atoms with Crippen molar-refractivity contribution >= 4 is 5.82 Å². The van der Waals surface area contributed by atoms with Crippen molar-refractivity contribution in [1.82, 2.24) is 4.98 Å². The van der Waals surface area contributed by atoms with Crippen LogP contribution in [-0.4, -0.2) is 4.98 Å². The van der Waals surface area contributed by atoms with Gasteiger partial charge in [-0.2, -0.15) is 5.26 Å². The number of halogens is 1. The Morgan fingerprint density at radius 2 is 2.17 bits per heavy atom. The van der Waals surface area contributed by atoms with Crippen molar-refractivity contribution in [2.45, 2.75) is 0 Å². The molecule has 0 radical (unpaired) electrons.